The summed E-state index contributed by atoms with van der Waals surface area (Å²) < 4.78 is 5.02. The van der Waals surface area contributed by atoms with Gasteiger partial charge in [-0.1, -0.05) is 6.92 Å². The van der Waals surface area contributed by atoms with Crippen molar-refractivity contribution < 1.29 is 9.21 Å². The number of carbonyl (C=O) groups is 1. The van der Waals surface area contributed by atoms with E-state index in [-0.39, 0.29) is 5.91 Å². The van der Waals surface area contributed by atoms with Crippen LogP contribution in [0.4, 0.5) is 0 Å². The van der Waals surface area contributed by atoms with Gasteiger partial charge in [-0.25, -0.2) is 4.98 Å². The Morgan fingerprint density at radius 2 is 2.12 bits per heavy atom. The van der Waals surface area contributed by atoms with Crippen molar-refractivity contribution in [3.63, 3.8) is 0 Å². The van der Waals surface area contributed by atoms with Gasteiger partial charge in [0.15, 0.2) is 12.1 Å². The topological polar surface area (TPSA) is 55.1 Å². The van der Waals surface area contributed by atoms with Crippen LogP contribution in [0.15, 0.2) is 10.8 Å². The summed E-state index contributed by atoms with van der Waals surface area (Å²) in [6.45, 7) is 4.02. The molecule has 1 aliphatic rings. The molecule has 1 aromatic heterocycles. The average molecular weight is 222 g/mol. The number of hydrogen-bond donors (Lipinski definition) is 1. The smallest absolute Gasteiger partial charge is 0.273 e. The molecule has 0 aliphatic heterocycles. The first kappa shape index (κ1) is 11.2. The van der Waals surface area contributed by atoms with Crippen LogP contribution in [0, 0.1) is 12.8 Å². The molecular formula is C12H18N2O2. The van der Waals surface area contributed by atoms with Crippen LogP contribution in [0.1, 0.15) is 48.9 Å². The molecule has 0 aromatic carbocycles. The summed E-state index contributed by atoms with van der Waals surface area (Å²) >= 11 is 0. The number of amides is 1. The highest BCUT2D eigenvalue weighted by Crippen LogP contribution is 2.23. The molecule has 1 aromatic rings. The van der Waals surface area contributed by atoms with Crippen molar-refractivity contribution in [1.82, 2.24) is 10.3 Å². The molecule has 1 heterocycles. The lowest BCUT2D eigenvalue weighted by atomic mass is 9.87. The Bertz CT molecular complexity index is 365. The standard InChI is InChI=1S/C12H18N2O2/c1-8-3-5-10(6-4-8)14-12(15)11-9(2)16-7-13-11/h7-8,10H,3-6H2,1-2H3,(H,14,15). The fourth-order valence-electron chi connectivity index (χ4n) is 2.18. The summed E-state index contributed by atoms with van der Waals surface area (Å²) in [6.07, 6.45) is 5.85. The van der Waals surface area contributed by atoms with Crippen molar-refractivity contribution in [1.29, 1.82) is 0 Å². The van der Waals surface area contributed by atoms with Gasteiger partial charge in [0.2, 0.25) is 0 Å². The summed E-state index contributed by atoms with van der Waals surface area (Å²) in [5, 5.41) is 3.02. The van der Waals surface area contributed by atoms with Crippen molar-refractivity contribution in [3.05, 3.63) is 17.8 Å². The van der Waals surface area contributed by atoms with Crippen LogP contribution in [-0.2, 0) is 0 Å². The lowest BCUT2D eigenvalue weighted by Crippen LogP contribution is -2.37. The summed E-state index contributed by atoms with van der Waals surface area (Å²) in [6, 6.07) is 0.305. The minimum atomic E-state index is -0.106. The Labute approximate surface area is 95.4 Å². The molecule has 1 N–H and O–H groups in total. The van der Waals surface area contributed by atoms with Gasteiger partial charge >= 0.3 is 0 Å². The van der Waals surface area contributed by atoms with Crippen LogP contribution in [0.25, 0.3) is 0 Å². The number of oxazole rings is 1. The van der Waals surface area contributed by atoms with E-state index in [1.165, 1.54) is 19.2 Å². The molecule has 1 aliphatic carbocycles. The van der Waals surface area contributed by atoms with Gasteiger partial charge < -0.3 is 9.73 Å². The van der Waals surface area contributed by atoms with E-state index in [1.54, 1.807) is 6.92 Å². The van der Waals surface area contributed by atoms with Gasteiger partial charge in [-0.2, -0.15) is 0 Å². The second-order valence-electron chi connectivity index (χ2n) is 4.69. The van der Waals surface area contributed by atoms with Gasteiger partial charge in [0.1, 0.15) is 5.76 Å². The molecule has 2 rings (SSSR count). The molecule has 88 valence electrons. The van der Waals surface area contributed by atoms with Gasteiger partial charge in [0.25, 0.3) is 5.91 Å². The lowest BCUT2D eigenvalue weighted by molar-refractivity contribution is 0.0917. The summed E-state index contributed by atoms with van der Waals surface area (Å²) in [4.78, 5) is 15.8. The first-order valence-corrected chi connectivity index (χ1v) is 5.87. The largest absolute Gasteiger partial charge is 0.448 e. The fourth-order valence-corrected chi connectivity index (χ4v) is 2.18. The van der Waals surface area contributed by atoms with E-state index in [2.05, 4.69) is 17.2 Å². The minimum absolute atomic E-state index is 0.106. The first-order chi connectivity index (χ1) is 7.66. The third kappa shape index (κ3) is 2.43. The predicted molar refractivity (Wildman–Crippen MR) is 60.1 cm³/mol. The Balaban J connectivity index is 1.91. The maximum atomic E-state index is 11.8. The molecule has 1 saturated carbocycles. The molecule has 16 heavy (non-hydrogen) atoms. The minimum Gasteiger partial charge on any atom is -0.448 e. The molecule has 0 atom stereocenters. The number of nitrogens with zero attached hydrogens (tertiary/aromatic N) is 1. The van der Waals surface area contributed by atoms with Gasteiger partial charge in [-0.15, -0.1) is 0 Å². The van der Waals surface area contributed by atoms with Crippen LogP contribution in [-0.4, -0.2) is 16.9 Å². The van der Waals surface area contributed by atoms with Crippen molar-refractivity contribution in [2.24, 2.45) is 5.92 Å². The summed E-state index contributed by atoms with van der Waals surface area (Å²) in [5.41, 5.74) is 0.415. The monoisotopic (exact) mass is 222 g/mol. The van der Waals surface area contributed by atoms with Crippen molar-refractivity contribution in [2.45, 2.75) is 45.6 Å². The third-order valence-corrected chi connectivity index (χ3v) is 3.31. The molecule has 1 amide bonds. The zero-order valence-corrected chi connectivity index (χ0v) is 9.82. The number of nitrogens with one attached hydrogen (secondary N) is 1. The molecule has 0 spiro atoms. The molecule has 4 heteroatoms. The average Bonchev–Trinajstić information content (AvgIpc) is 2.68. The van der Waals surface area contributed by atoms with E-state index >= 15 is 0 Å². The quantitative estimate of drug-likeness (QED) is 0.835. The van der Waals surface area contributed by atoms with Crippen molar-refractivity contribution >= 4 is 5.91 Å². The number of rotatable bonds is 2. The van der Waals surface area contributed by atoms with Crippen LogP contribution >= 0.6 is 0 Å². The highest BCUT2D eigenvalue weighted by atomic mass is 16.3. The van der Waals surface area contributed by atoms with Crippen LogP contribution < -0.4 is 5.32 Å². The Kier molecular flexibility index (Phi) is 3.27. The predicted octanol–water partition coefficient (Wildman–Crippen LogP) is 2.29. The molecule has 1 fully saturated rings. The molecule has 0 radical (unpaired) electrons. The highest BCUT2D eigenvalue weighted by molar-refractivity contribution is 5.93. The first-order valence-electron chi connectivity index (χ1n) is 5.87. The van der Waals surface area contributed by atoms with Gasteiger partial charge in [-0.3, -0.25) is 4.79 Å². The second-order valence-corrected chi connectivity index (χ2v) is 4.69. The number of aromatic nitrogens is 1. The van der Waals surface area contributed by atoms with E-state index in [9.17, 15) is 4.79 Å². The number of hydrogen-bond acceptors (Lipinski definition) is 3. The maximum absolute atomic E-state index is 11.8. The molecule has 0 saturated heterocycles. The maximum Gasteiger partial charge on any atom is 0.273 e. The fraction of sp³-hybridized carbons (Fsp3) is 0.667. The SMILES string of the molecule is Cc1ocnc1C(=O)NC1CCC(C)CC1. The van der Waals surface area contributed by atoms with Crippen LogP contribution in [0.5, 0.6) is 0 Å². The van der Waals surface area contributed by atoms with Crippen molar-refractivity contribution in [2.75, 3.05) is 0 Å². The Morgan fingerprint density at radius 1 is 1.44 bits per heavy atom. The molecular weight excluding hydrogens is 204 g/mol. The molecule has 0 bridgehead atoms. The lowest BCUT2D eigenvalue weighted by Gasteiger charge is -2.26. The molecule has 0 unspecified atom stereocenters. The van der Waals surface area contributed by atoms with E-state index in [1.807, 2.05) is 0 Å². The normalized spacial score (nSPS) is 25.4. The van der Waals surface area contributed by atoms with Gasteiger partial charge in [0, 0.05) is 6.04 Å². The summed E-state index contributed by atoms with van der Waals surface area (Å²) in [7, 11) is 0. The van der Waals surface area contributed by atoms with Gasteiger partial charge in [-0.05, 0) is 38.5 Å². The highest BCUT2D eigenvalue weighted by Gasteiger charge is 2.22. The van der Waals surface area contributed by atoms with E-state index in [0.29, 0.717) is 17.5 Å². The number of aryl methyl sites for hydroxylation is 1. The van der Waals surface area contributed by atoms with Crippen LogP contribution in [0.3, 0.4) is 0 Å². The number of carbonyl (C=O) groups excluding carboxylic acids is 1. The van der Waals surface area contributed by atoms with E-state index < -0.39 is 0 Å². The zero-order chi connectivity index (χ0) is 11.5. The Hall–Kier alpha value is -1.32. The van der Waals surface area contributed by atoms with E-state index in [0.717, 1.165) is 18.8 Å². The molecule has 4 nitrogen and oxygen atoms in total. The zero-order valence-electron chi connectivity index (χ0n) is 9.82. The second kappa shape index (κ2) is 4.68. The van der Waals surface area contributed by atoms with Crippen LogP contribution in [0.2, 0.25) is 0 Å². The van der Waals surface area contributed by atoms with Crippen molar-refractivity contribution in [3.8, 4) is 0 Å². The Morgan fingerprint density at radius 3 is 2.69 bits per heavy atom. The van der Waals surface area contributed by atoms with Gasteiger partial charge in [0.05, 0.1) is 0 Å². The van der Waals surface area contributed by atoms with E-state index in [4.69, 9.17) is 4.42 Å². The summed E-state index contributed by atoms with van der Waals surface area (Å²) in [5.74, 6) is 1.27. The third-order valence-electron chi connectivity index (χ3n) is 3.31.